The molecule has 0 aliphatic carbocycles. The molecule has 2 aromatic carbocycles. The standard InChI is InChI=1S/C20H16BrN3OS/c1-25-16-9-7-14(8-10-16)13-3-5-15(6-4-13)18-11-19-17(21)12-22-24(19)20(23-18)26-2/h3-12H,1-2H3. The van der Waals surface area contributed by atoms with E-state index in [9.17, 15) is 0 Å². The van der Waals surface area contributed by atoms with Gasteiger partial charge in [-0.05, 0) is 51.5 Å². The Labute approximate surface area is 164 Å². The number of hydrogen-bond acceptors (Lipinski definition) is 4. The van der Waals surface area contributed by atoms with E-state index in [-0.39, 0.29) is 0 Å². The highest BCUT2D eigenvalue weighted by molar-refractivity contribution is 9.10. The lowest BCUT2D eigenvalue weighted by atomic mass is 10.0. The van der Waals surface area contributed by atoms with E-state index >= 15 is 0 Å². The Morgan fingerprint density at radius 3 is 2.19 bits per heavy atom. The predicted molar refractivity (Wildman–Crippen MR) is 110 cm³/mol. The third-order valence-corrected chi connectivity index (χ3v) is 5.46. The van der Waals surface area contributed by atoms with Crippen molar-refractivity contribution >= 4 is 33.2 Å². The number of thioether (sulfide) groups is 1. The summed E-state index contributed by atoms with van der Waals surface area (Å²) in [6.07, 6.45) is 3.81. The summed E-state index contributed by atoms with van der Waals surface area (Å²) in [5, 5.41) is 5.23. The van der Waals surface area contributed by atoms with Crippen molar-refractivity contribution in [1.82, 2.24) is 14.6 Å². The Hall–Kier alpha value is -2.31. The van der Waals surface area contributed by atoms with Gasteiger partial charge in [0.15, 0.2) is 5.16 Å². The third kappa shape index (κ3) is 3.10. The van der Waals surface area contributed by atoms with Gasteiger partial charge >= 0.3 is 0 Å². The van der Waals surface area contributed by atoms with Crippen LogP contribution < -0.4 is 4.74 Å². The summed E-state index contributed by atoms with van der Waals surface area (Å²) >= 11 is 5.14. The first kappa shape index (κ1) is 17.1. The Morgan fingerprint density at radius 2 is 1.58 bits per heavy atom. The Bertz CT molecular complexity index is 1060. The molecule has 0 saturated heterocycles. The average molecular weight is 426 g/mol. The van der Waals surface area contributed by atoms with Gasteiger partial charge in [-0.15, -0.1) is 0 Å². The number of fused-ring (bicyclic) bond motifs is 1. The molecule has 130 valence electrons. The summed E-state index contributed by atoms with van der Waals surface area (Å²) in [5.74, 6) is 0.860. The van der Waals surface area contributed by atoms with E-state index in [0.717, 1.165) is 43.3 Å². The van der Waals surface area contributed by atoms with Crippen LogP contribution in [0.2, 0.25) is 0 Å². The fourth-order valence-electron chi connectivity index (χ4n) is 2.83. The molecule has 6 heteroatoms. The minimum atomic E-state index is 0.860. The molecule has 4 rings (SSSR count). The molecule has 0 spiro atoms. The molecule has 2 aromatic heterocycles. The van der Waals surface area contributed by atoms with E-state index in [2.05, 4.69) is 63.5 Å². The van der Waals surface area contributed by atoms with Crippen molar-refractivity contribution < 1.29 is 4.74 Å². The van der Waals surface area contributed by atoms with Gasteiger partial charge in [0.25, 0.3) is 0 Å². The fourth-order valence-corrected chi connectivity index (χ4v) is 3.71. The number of rotatable bonds is 4. The molecule has 2 heterocycles. The van der Waals surface area contributed by atoms with Crippen molar-refractivity contribution in [2.45, 2.75) is 5.16 Å². The van der Waals surface area contributed by atoms with Gasteiger partial charge in [-0.3, -0.25) is 0 Å². The fraction of sp³-hybridized carbons (Fsp3) is 0.100. The monoisotopic (exact) mass is 425 g/mol. The summed E-state index contributed by atoms with van der Waals surface area (Å²) in [5.41, 5.74) is 5.34. The van der Waals surface area contributed by atoms with E-state index in [1.165, 1.54) is 0 Å². The van der Waals surface area contributed by atoms with E-state index in [0.29, 0.717) is 0 Å². The molecule has 4 nitrogen and oxygen atoms in total. The normalized spacial score (nSPS) is 11.0. The lowest BCUT2D eigenvalue weighted by Gasteiger charge is -2.08. The van der Waals surface area contributed by atoms with Crippen molar-refractivity contribution in [2.24, 2.45) is 0 Å². The van der Waals surface area contributed by atoms with E-state index < -0.39 is 0 Å². The number of ether oxygens (including phenoxy) is 1. The molecule has 26 heavy (non-hydrogen) atoms. The van der Waals surface area contributed by atoms with Crippen LogP contribution >= 0.6 is 27.7 Å². The number of aromatic nitrogens is 3. The second kappa shape index (κ2) is 7.13. The summed E-state index contributed by atoms with van der Waals surface area (Å²) in [6, 6.07) is 18.6. The van der Waals surface area contributed by atoms with Gasteiger partial charge in [0, 0.05) is 5.56 Å². The average Bonchev–Trinajstić information content (AvgIpc) is 3.08. The maximum atomic E-state index is 5.22. The van der Waals surface area contributed by atoms with Crippen LogP contribution in [0.25, 0.3) is 27.9 Å². The summed E-state index contributed by atoms with van der Waals surface area (Å²) < 4.78 is 8.04. The predicted octanol–water partition coefficient (Wildman–Crippen LogP) is 5.56. The largest absolute Gasteiger partial charge is 0.497 e. The van der Waals surface area contributed by atoms with E-state index in [1.54, 1.807) is 25.1 Å². The first-order valence-electron chi connectivity index (χ1n) is 8.03. The molecule has 0 amide bonds. The smallest absolute Gasteiger partial charge is 0.189 e. The second-order valence-corrected chi connectivity index (χ2v) is 7.35. The molecule has 0 unspecified atom stereocenters. The van der Waals surface area contributed by atoms with Crippen LogP contribution in [0.15, 0.2) is 70.4 Å². The van der Waals surface area contributed by atoms with Crippen LogP contribution in [0.4, 0.5) is 0 Å². The minimum absolute atomic E-state index is 0.860. The number of halogens is 1. The number of nitrogens with zero attached hydrogens (tertiary/aromatic N) is 3. The van der Waals surface area contributed by atoms with Crippen LogP contribution in [0, 0.1) is 0 Å². The summed E-state index contributed by atoms with van der Waals surface area (Å²) in [7, 11) is 1.68. The van der Waals surface area contributed by atoms with Crippen LogP contribution in [-0.2, 0) is 0 Å². The van der Waals surface area contributed by atoms with Gasteiger partial charge in [0.2, 0.25) is 0 Å². The third-order valence-electron chi connectivity index (χ3n) is 4.22. The second-order valence-electron chi connectivity index (χ2n) is 5.72. The van der Waals surface area contributed by atoms with Gasteiger partial charge in [-0.25, -0.2) is 9.50 Å². The molecule has 0 fully saturated rings. The SMILES string of the molecule is COc1ccc(-c2ccc(-c3cc4c(Br)cnn4c(SC)n3)cc2)cc1. The van der Waals surface area contributed by atoms with Crippen molar-refractivity contribution in [2.75, 3.05) is 13.4 Å². The lowest BCUT2D eigenvalue weighted by Crippen LogP contribution is -1.97. The van der Waals surface area contributed by atoms with E-state index in [4.69, 9.17) is 9.72 Å². The summed E-state index contributed by atoms with van der Waals surface area (Å²) in [6.45, 7) is 0. The van der Waals surface area contributed by atoms with Gasteiger partial charge in [0.1, 0.15) is 5.75 Å². The first-order valence-corrected chi connectivity index (χ1v) is 10.0. The molecule has 0 aliphatic heterocycles. The number of hydrogen-bond donors (Lipinski definition) is 0. The zero-order valence-corrected chi connectivity index (χ0v) is 16.7. The Kier molecular flexibility index (Phi) is 4.70. The lowest BCUT2D eigenvalue weighted by molar-refractivity contribution is 0.415. The topological polar surface area (TPSA) is 39.4 Å². The highest BCUT2D eigenvalue weighted by Gasteiger charge is 2.11. The molecule has 0 atom stereocenters. The van der Waals surface area contributed by atoms with Gasteiger partial charge in [-0.1, -0.05) is 48.2 Å². The molecule has 0 bridgehead atoms. The maximum absolute atomic E-state index is 5.22. The zero-order chi connectivity index (χ0) is 18.1. The number of benzene rings is 2. The molecule has 0 aliphatic rings. The molecular weight excluding hydrogens is 410 g/mol. The highest BCUT2D eigenvalue weighted by atomic mass is 79.9. The molecule has 0 radical (unpaired) electrons. The van der Waals surface area contributed by atoms with Crippen molar-refractivity contribution in [1.29, 1.82) is 0 Å². The van der Waals surface area contributed by atoms with Crippen LogP contribution in [0.1, 0.15) is 0 Å². The quantitative estimate of drug-likeness (QED) is 0.317. The Morgan fingerprint density at radius 1 is 0.962 bits per heavy atom. The van der Waals surface area contributed by atoms with Crippen LogP contribution in [0.3, 0.4) is 0 Å². The van der Waals surface area contributed by atoms with Crippen LogP contribution in [0.5, 0.6) is 5.75 Å². The van der Waals surface area contributed by atoms with Crippen molar-refractivity contribution in [3.8, 4) is 28.1 Å². The van der Waals surface area contributed by atoms with Gasteiger partial charge in [0.05, 0.1) is 29.0 Å². The van der Waals surface area contributed by atoms with Crippen LogP contribution in [-0.4, -0.2) is 28.0 Å². The zero-order valence-electron chi connectivity index (χ0n) is 14.3. The summed E-state index contributed by atoms with van der Waals surface area (Å²) in [4.78, 5) is 4.75. The molecule has 0 N–H and O–H groups in total. The van der Waals surface area contributed by atoms with Gasteiger partial charge < -0.3 is 4.74 Å². The molecular formula is C20H16BrN3OS. The highest BCUT2D eigenvalue weighted by Crippen LogP contribution is 2.29. The first-order chi connectivity index (χ1) is 12.7. The maximum Gasteiger partial charge on any atom is 0.189 e. The number of methoxy groups -OCH3 is 1. The Balaban J connectivity index is 1.72. The molecule has 0 saturated carbocycles. The van der Waals surface area contributed by atoms with Crippen molar-refractivity contribution in [3.05, 3.63) is 65.3 Å². The van der Waals surface area contributed by atoms with Gasteiger partial charge in [-0.2, -0.15) is 5.10 Å². The van der Waals surface area contributed by atoms with E-state index in [1.807, 2.05) is 22.9 Å². The molecule has 4 aromatic rings. The van der Waals surface area contributed by atoms with Crippen molar-refractivity contribution in [3.63, 3.8) is 0 Å². The minimum Gasteiger partial charge on any atom is -0.497 e.